The van der Waals surface area contributed by atoms with Gasteiger partial charge in [0.1, 0.15) is 0 Å². The highest BCUT2D eigenvalue weighted by atomic mass is 15.3. The molecule has 0 unspecified atom stereocenters. The monoisotopic (exact) mass is 285 g/mol. The molecule has 0 saturated heterocycles. The maximum Gasteiger partial charge on any atom is 0.0641 e. The zero-order valence-corrected chi connectivity index (χ0v) is 13.9. The number of aryl methyl sites for hydroxylation is 2. The van der Waals surface area contributed by atoms with E-state index in [2.05, 4.69) is 62.4 Å². The molecule has 21 heavy (non-hydrogen) atoms. The minimum absolute atomic E-state index is 0.713. The van der Waals surface area contributed by atoms with E-state index in [1.807, 2.05) is 11.7 Å². The van der Waals surface area contributed by atoms with Crippen LogP contribution in [0.15, 0.2) is 24.3 Å². The van der Waals surface area contributed by atoms with Crippen LogP contribution in [0.4, 0.5) is 0 Å². The zero-order chi connectivity index (χ0) is 15.4. The molecule has 1 aromatic heterocycles. The summed E-state index contributed by atoms with van der Waals surface area (Å²) >= 11 is 0. The lowest BCUT2D eigenvalue weighted by Crippen LogP contribution is -2.14. The van der Waals surface area contributed by atoms with Crippen LogP contribution >= 0.6 is 0 Å². The fourth-order valence-corrected chi connectivity index (χ4v) is 2.67. The van der Waals surface area contributed by atoms with E-state index in [-0.39, 0.29) is 0 Å². The largest absolute Gasteiger partial charge is 0.308 e. The van der Waals surface area contributed by atoms with Gasteiger partial charge in [-0.05, 0) is 37.3 Å². The highest BCUT2D eigenvalue weighted by Crippen LogP contribution is 2.12. The quantitative estimate of drug-likeness (QED) is 0.880. The van der Waals surface area contributed by atoms with Crippen molar-refractivity contribution in [2.45, 2.75) is 47.2 Å². The molecule has 0 saturated carbocycles. The van der Waals surface area contributed by atoms with Gasteiger partial charge in [-0.1, -0.05) is 38.1 Å². The summed E-state index contributed by atoms with van der Waals surface area (Å²) in [4.78, 5) is 0. The number of hydrogen-bond donors (Lipinski definition) is 1. The Morgan fingerprint density at radius 1 is 1.05 bits per heavy atom. The van der Waals surface area contributed by atoms with Crippen molar-refractivity contribution in [2.75, 3.05) is 0 Å². The lowest BCUT2D eigenvalue weighted by atomic mass is 10.0. The maximum absolute atomic E-state index is 4.45. The van der Waals surface area contributed by atoms with E-state index >= 15 is 0 Å². The molecule has 114 valence electrons. The molecule has 0 radical (unpaired) electrons. The molecule has 0 bridgehead atoms. The molecule has 0 spiro atoms. The van der Waals surface area contributed by atoms with Crippen LogP contribution in [0.25, 0.3) is 0 Å². The standard InChI is InChI=1S/C18H27N3/c1-13(2)10-16-6-8-17(9-7-16)11-19-12-18-14(3)20-21(5)15(18)4/h6-9,13,19H,10-12H2,1-5H3. The average Bonchev–Trinajstić information content (AvgIpc) is 2.66. The normalized spacial score (nSPS) is 11.3. The van der Waals surface area contributed by atoms with Crippen LogP contribution in [-0.2, 0) is 26.6 Å². The third-order valence-electron chi connectivity index (χ3n) is 3.96. The Balaban J connectivity index is 1.88. The molecule has 3 heteroatoms. The van der Waals surface area contributed by atoms with E-state index in [0.717, 1.165) is 25.2 Å². The first-order chi connectivity index (χ1) is 9.97. The van der Waals surface area contributed by atoms with Gasteiger partial charge >= 0.3 is 0 Å². The van der Waals surface area contributed by atoms with Crippen molar-refractivity contribution < 1.29 is 0 Å². The Labute approximate surface area is 128 Å². The Hall–Kier alpha value is -1.61. The summed E-state index contributed by atoms with van der Waals surface area (Å²) in [5.41, 5.74) is 6.44. The summed E-state index contributed by atoms with van der Waals surface area (Å²) in [7, 11) is 2.00. The number of rotatable bonds is 6. The van der Waals surface area contributed by atoms with Crippen molar-refractivity contribution in [1.82, 2.24) is 15.1 Å². The first-order valence-corrected chi connectivity index (χ1v) is 7.75. The van der Waals surface area contributed by atoms with Gasteiger partial charge in [0.05, 0.1) is 5.69 Å². The van der Waals surface area contributed by atoms with Gasteiger partial charge < -0.3 is 5.32 Å². The summed E-state index contributed by atoms with van der Waals surface area (Å²) in [6, 6.07) is 8.95. The summed E-state index contributed by atoms with van der Waals surface area (Å²) in [5.74, 6) is 0.713. The average molecular weight is 285 g/mol. The van der Waals surface area contributed by atoms with Crippen LogP contribution in [0.2, 0.25) is 0 Å². The van der Waals surface area contributed by atoms with E-state index in [4.69, 9.17) is 0 Å². The summed E-state index contributed by atoms with van der Waals surface area (Å²) < 4.78 is 1.95. The smallest absolute Gasteiger partial charge is 0.0641 e. The van der Waals surface area contributed by atoms with Gasteiger partial charge in [0.15, 0.2) is 0 Å². The molecule has 0 aliphatic rings. The maximum atomic E-state index is 4.45. The molecule has 0 aliphatic heterocycles. The van der Waals surface area contributed by atoms with Crippen LogP contribution in [0.3, 0.4) is 0 Å². The molecule has 0 fully saturated rings. The van der Waals surface area contributed by atoms with E-state index in [1.54, 1.807) is 0 Å². The predicted molar refractivity (Wildman–Crippen MR) is 88.2 cm³/mol. The van der Waals surface area contributed by atoms with Gasteiger partial charge in [-0.2, -0.15) is 5.10 Å². The Morgan fingerprint density at radius 2 is 1.67 bits per heavy atom. The molecule has 2 aromatic rings. The second kappa shape index (κ2) is 6.90. The van der Waals surface area contributed by atoms with Gasteiger partial charge in [0.2, 0.25) is 0 Å². The van der Waals surface area contributed by atoms with E-state index in [1.165, 1.54) is 22.4 Å². The third-order valence-corrected chi connectivity index (χ3v) is 3.96. The van der Waals surface area contributed by atoms with Crippen LogP contribution in [0, 0.1) is 19.8 Å². The van der Waals surface area contributed by atoms with Gasteiger partial charge in [-0.15, -0.1) is 0 Å². The number of benzene rings is 1. The fraction of sp³-hybridized carbons (Fsp3) is 0.500. The molecule has 3 nitrogen and oxygen atoms in total. The van der Waals surface area contributed by atoms with Crippen molar-refractivity contribution in [3.05, 3.63) is 52.3 Å². The van der Waals surface area contributed by atoms with Gasteiger partial charge in [-0.25, -0.2) is 0 Å². The van der Waals surface area contributed by atoms with Crippen LogP contribution in [0.5, 0.6) is 0 Å². The van der Waals surface area contributed by atoms with E-state index < -0.39 is 0 Å². The Morgan fingerprint density at radius 3 is 2.19 bits per heavy atom. The molecule has 1 aromatic carbocycles. The van der Waals surface area contributed by atoms with Crippen molar-refractivity contribution in [1.29, 1.82) is 0 Å². The van der Waals surface area contributed by atoms with Gasteiger partial charge in [-0.3, -0.25) is 4.68 Å². The lowest BCUT2D eigenvalue weighted by molar-refractivity contribution is 0.646. The van der Waals surface area contributed by atoms with Crippen LogP contribution in [-0.4, -0.2) is 9.78 Å². The number of nitrogens with one attached hydrogen (secondary N) is 1. The van der Waals surface area contributed by atoms with Crippen molar-refractivity contribution in [3.63, 3.8) is 0 Å². The van der Waals surface area contributed by atoms with Gasteiger partial charge in [0, 0.05) is 31.4 Å². The molecule has 1 heterocycles. The van der Waals surface area contributed by atoms with Crippen LogP contribution < -0.4 is 5.32 Å². The fourth-order valence-electron chi connectivity index (χ4n) is 2.67. The first-order valence-electron chi connectivity index (χ1n) is 7.75. The summed E-state index contributed by atoms with van der Waals surface area (Å²) in [6.07, 6.45) is 1.15. The lowest BCUT2D eigenvalue weighted by Gasteiger charge is -2.08. The van der Waals surface area contributed by atoms with Crippen LogP contribution in [0.1, 0.15) is 41.9 Å². The second-order valence-corrected chi connectivity index (χ2v) is 6.29. The molecule has 0 aliphatic carbocycles. The number of hydrogen-bond acceptors (Lipinski definition) is 2. The molecule has 0 amide bonds. The van der Waals surface area contributed by atoms with Crippen molar-refractivity contribution in [2.24, 2.45) is 13.0 Å². The second-order valence-electron chi connectivity index (χ2n) is 6.29. The molecule has 2 rings (SSSR count). The van der Waals surface area contributed by atoms with Crippen molar-refractivity contribution in [3.8, 4) is 0 Å². The molecular formula is C18H27N3. The highest BCUT2D eigenvalue weighted by Gasteiger charge is 2.08. The molecular weight excluding hydrogens is 258 g/mol. The Kier molecular flexibility index (Phi) is 5.18. The summed E-state index contributed by atoms with van der Waals surface area (Å²) in [6.45, 7) is 10.5. The minimum atomic E-state index is 0.713. The number of nitrogens with zero attached hydrogens (tertiary/aromatic N) is 2. The first kappa shape index (κ1) is 15.8. The zero-order valence-electron chi connectivity index (χ0n) is 13.9. The SMILES string of the molecule is Cc1nn(C)c(C)c1CNCc1ccc(CC(C)C)cc1. The Bertz CT molecular complexity index is 579. The molecule has 1 N–H and O–H groups in total. The summed E-state index contributed by atoms with van der Waals surface area (Å²) in [5, 5.41) is 7.97. The third kappa shape index (κ3) is 4.18. The van der Waals surface area contributed by atoms with E-state index in [0.29, 0.717) is 5.92 Å². The predicted octanol–water partition coefficient (Wildman–Crippen LogP) is 3.53. The van der Waals surface area contributed by atoms with Gasteiger partial charge in [0.25, 0.3) is 0 Å². The van der Waals surface area contributed by atoms with Crippen molar-refractivity contribution >= 4 is 0 Å². The topological polar surface area (TPSA) is 29.9 Å². The number of aromatic nitrogens is 2. The highest BCUT2D eigenvalue weighted by molar-refractivity contribution is 5.25. The van der Waals surface area contributed by atoms with E-state index in [9.17, 15) is 0 Å². The minimum Gasteiger partial charge on any atom is -0.308 e. The molecule has 0 atom stereocenters.